The first-order chi connectivity index (χ1) is 10.8. The minimum Gasteiger partial charge on any atom is -0.497 e. The smallest absolute Gasteiger partial charge is 0.163 e. The van der Waals surface area contributed by atoms with E-state index in [0.29, 0.717) is 13.2 Å². The van der Waals surface area contributed by atoms with E-state index in [4.69, 9.17) is 14.2 Å². The van der Waals surface area contributed by atoms with Crippen LogP contribution in [0.4, 0.5) is 5.69 Å². The molecular formula is C18H21NO3. The summed E-state index contributed by atoms with van der Waals surface area (Å²) in [7, 11) is 1.68. The molecule has 1 N–H and O–H groups in total. The van der Waals surface area contributed by atoms with Crippen LogP contribution in [0, 0.1) is 0 Å². The lowest BCUT2D eigenvalue weighted by atomic mass is 10.1. The number of rotatable bonds is 4. The summed E-state index contributed by atoms with van der Waals surface area (Å²) < 4.78 is 16.7. The maximum Gasteiger partial charge on any atom is 0.163 e. The highest BCUT2D eigenvalue weighted by Crippen LogP contribution is 2.33. The van der Waals surface area contributed by atoms with Gasteiger partial charge in [-0.2, -0.15) is 0 Å². The topological polar surface area (TPSA) is 39.7 Å². The van der Waals surface area contributed by atoms with Crippen molar-refractivity contribution >= 4 is 5.69 Å². The highest BCUT2D eigenvalue weighted by atomic mass is 16.5. The Kier molecular flexibility index (Phi) is 4.37. The lowest BCUT2D eigenvalue weighted by Crippen LogP contribution is -2.07. The average molecular weight is 299 g/mol. The summed E-state index contributed by atoms with van der Waals surface area (Å²) in [5, 5.41) is 3.49. The van der Waals surface area contributed by atoms with Crippen LogP contribution in [0.2, 0.25) is 0 Å². The van der Waals surface area contributed by atoms with Crippen molar-refractivity contribution in [3.63, 3.8) is 0 Å². The van der Waals surface area contributed by atoms with E-state index in [2.05, 4.69) is 18.3 Å². The largest absolute Gasteiger partial charge is 0.497 e. The highest BCUT2D eigenvalue weighted by molar-refractivity contribution is 5.56. The maximum atomic E-state index is 5.73. The summed E-state index contributed by atoms with van der Waals surface area (Å²) in [6.45, 7) is 3.53. The van der Waals surface area contributed by atoms with Gasteiger partial charge in [-0.1, -0.05) is 12.1 Å². The van der Waals surface area contributed by atoms with Gasteiger partial charge in [0.05, 0.1) is 20.3 Å². The van der Waals surface area contributed by atoms with E-state index in [-0.39, 0.29) is 6.04 Å². The lowest BCUT2D eigenvalue weighted by molar-refractivity contribution is 0.297. The Balaban J connectivity index is 1.76. The van der Waals surface area contributed by atoms with Crippen LogP contribution in [-0.4, -0.2) is 20.3 Å². The molecule has 0 bridgehead atoms. The number of anilines is 1. The fourth-order valence-electron chi connectivity index (χ4n) is 2.50. The van der Waals surface area contributed by atoms with Gasteiger partial charge in [0.1, 0.15) is 5.75 Å². The van der Waals surface area contributed by atoms with Gasteiger partial charge in [0.2, 0.25) is 0 Å². The summed E-state index contributed by atoms with van der Waals surface area (Å²) in [4.78, 5) is 0. The van der Waals surface area contributed by atoms with Crippen molar-refractivity contribution in [1.82, 2.24) is 0 Å². The number of methoxy groups -OCH3 is 1. The van der Waals surface area contributed by atoms with E-state index in [0.717, 1.165) is 29.4 Å². The maximum absolute atomic E-state index is 5.73. The zero-order valence-corrected chi connectivity index (χ0v) is 13.0. The minimum absolute atomic E-state index is 0.167. The molecule has 0 aromatic heterocycles. The van der Waals surface area contributed by atoms with Crippen LogP contribution in [0.3, 0.4) is 0 Å². The van der Waals surface area contributed by atoms with Gasteiger partial charge in [-0.15, -0.1) is 0 Å². The third kappa shape index (κ3) is 3.27. The fourth-order valence-corrected chi connectivity index (χ4v) is 2.50. The summed E-state index contributed by atoms with van der Waals surface area (Å²) in [5.41, 5.74) is 2.19. The van der Waals surface area contributed by atoms with Crippen molar-refractivity contribution in [2.45, 2.75) is 19.4 Å². The van der Waals surface area contributed by atoms with Gasteiger partial charge in [0.15, 0.2) is 11.5 Å². The zero-order valence-electron chi connectivity index (χ0n) is 13.0. The number of hydrogen-bond acceptors (Lipinski definition) is 4. The van der Waals surface area contributed by atoms with E-state index in [1.54, 1.807) is 7.11 Å². The summed E-state index contributed by atoms with van der Waals surface area (Å²) in [6, 6.07) is 14.2. The first kappa shape index (κ1) is 14.6. The Morgan fingerprint density at radius 3 is 2.68 bits per heavy atom. The van der Waals surface area contributed by atoms with Crippen molar-refractivity contribution in [2.75, 3.05) is 25.6 Å². The van der Waals surface area contributed by atoms with Crippen LogP contribution in [0.15, 0.2) is 42.5 Å². The van der Waals surface area contributed by atoms with Gasteiger partial charge in [0, 0.05) is 24.2 Å². The van der Waals surface area contributed by atoms with E-state index < -0.39 is 0 Å². The van der Waals surface area contributed by atoms with Gasteiger partial charge < -0.3 is 19.5 Å². The van der Waals surface area contributed by atoms with E-state index in [1.165, 1.54) is 5.56 Å². The molecule has 0 saturated carbocycles. The van der Waals surface area contributed by atoms with Gasteiger partial charge in [0.25, 0.3) is 0 Å². The molecule has 1 unspecified atom stereocenters. The quantitative estimate of drug-likeness (QED) is 0.925. The van der Waals surface area contributed by atoms with Crippen molar-refractivity contribution in [2.24, 2.45) is 0 Å². The molecule has 0 spiro atoms. The van der Waals surface area contributed by atoms with E-state index in [9.17, 15) is 0 Å². The van der Waals surface area contributed by atoms with Gasteiger partial charge >= 0.3 is 0 Å². The first-order valence-electron chi connectivity index (χ1n) is 7.56. The molecule has 4 heteroatoms. The zero-order chi connectivity index (χ0) is 15.4. The summed E-state index contributed by atoms with van der Waals surface area (Å²) in [5.74, 6) is 2.49. The van der Waals surface area contributed by atoms with Crippen LogP contribution in [0.1, 0.15) is 24.9 Å². The molecule has 0 aliphatic carbocycles. The summed E-state index contributed by atoms with van der Waals surface area (Å²) >= 11 is 0. The molecule has 2 aromatic rings. The van der Waals surface area contributed by atoms with Gasteiger partial charge in [-0.3, -0.25) is 0 Å². The lowest BCUT2D eigenvalue weighted by Gasteiger charge is -2.17. The summed E-state index contributed by atoms with van der Waals surface area (Å²) in [6.07, 6.45) is 0.914. The third-order valence-electron chi connectivity index (χ3n) is 3.72. The molecule has 0 saturated heterocycles. The third-order valence-corrected chi connectivity index (χ3v) is 3.72. The van der Waals surface area contributed by atoms with Crippen molar-refractivity contribution in [3.05, 3.63) is 48.0 Å². The van der Waals surface area contributed by atoms with Gasteiger partial charge in [-0.25, -0.2) is 0 Å². The normalized spacial score (nSPS) is 14.8. The molecule has 22 heavy (non-hydrogen) atoms. The van der Waals surface area contributed by atoms with Crippen LogP contribution in [0.5, 0.6) is 17.2 Å². The molecule has 3 rings (SSSR count). The number of ether oxygens (including phenoxy) is 3. The monoisotopic (exact) mass is 299 g/mol. The van der Waals surface area contributed by atoms with Crippen LogP contribution < -0.4 is 19.5 Å². The van der Waals surface area contributed by atoms with Crippen LogP contribution in [0.25, 0.3) is 0 Å². The molecule has 0 radical (unpaired) electrons. The number of hydrogen-bond donors (Lipinski definition) is 1. The number of benzene rings is 2. The molecule has 0 amide bonds. The van der Waals surface area contributed by atoms with E-state index in [1.807, 2.05) is 36.4 Å². The molecule has 2 aromatic carbocycles. The average Bonchev–Trinajstić information content (AvgIpc) is 2.79. The fraction of sp³-hybridized carbons (Fsp3) is 0.333. The molecular weight excluding hydrogens is 278 g/mol. The SMILES string of the molecule is COc1cccc(C(C)Nc2ccc3c(c2)OCCCO3)c1. The predicted octanol–water partition coefficient (Wildman–Crippen LogP) is 4.03. The van der Waals surface area contributed by atoms with E-state index >= 15 is 0 Å². The number of nitrogens with one attached hydrogen (secondary N) is 1. The van der Waals surface area contributed by atoms with Crippen LogP contribution >= 0.6 is 0 Å². The second kappa shape index (κ2) is 6.60. The molecule has 4 nitrogen and oxygen atoms in total. The molecule has 1 aliphatic rings. The van der Waals surface area contributed by atoms with Crippen molar-refractivity contribution < 1.29 is 14.2 Å². The van der Waals surface area contributed by atoms with Gasteiger partial charge in [-0.05, 0) is 36.8 Å². The Bertz CT molecular complexity index is 642. The molecule has 1 heterocycles. The Hall–Kier alpha value is -2.36. The van der Waals surface area contributed by atoms with Crippen molar-refractivity contribution in [3.8, 4) is 17.2 Å². The molecule has 1 aliphatic heterocycles. The molecule has 1 atom stereocenters. The first-order valence-corrected chi connectivity index (χ1v) is 7.56. The number of fused-ring (bicyclic) bond motifs is 1. The minimum atomic E-state index is 0.167. The molecule has 116 valence electrons. The molecule has 0 fully saturated rings. The predicted molar refractivity (Wildman–Crippen MR) is 87.1 cm³/mol. The van der Waals surface area contributed by atoms with Crippen molar-refractivity contribution in [1.29, 1.82) is 0 Å². The Morgan fingerprint density at radius 2 is 1.86 bits per heavy atom. The van der Waals surface area contributed by atoms with Crippen LogP contribution in [-0.2, 0) is 0 Å². The standard InChI is InChI=1S/C18H21NO3/c1-13(14-5-3-6-16(11-14)20-2)19-15-7-8-17-18(12-15)22-10-4-9-21-17/h3,5-8,11-13,19H,4,9-10H2,1-2H3. The second-order valence-electron chi connectivity index (χ2n) is 5.35. The Morgan fingerprint density at radius 1 is 1.05 bits per heavy atom. The Labute approximate surface area is 131 Å². The highest BCUT2D eigenvalue weighted by Gasteiger charge is 2.12. The second-order valence-corrected chi connectivity index (χ2v) is 5.35.